The van der Waals surface area contributed by atoms with Gasteiger partial charge in [-0.3, -0.25) is 0 Å². The first kappa shape index (κ1) is 12.4. The van der Waals surface area contributed by atoms with Gasteiger partial charge in [-0.25, -0.2) is 8.42 Å². The molecule has 0 rings (SSSR count). The molecule has 0 radical (unpaired) electrons. The first-order valence-electron chi connectivity index (χ1n) is 2.96. The SMILES string of the molecule is CS(=O)(=O)/C(C#N)=C(/S)SCC#N. The molecule has 0 bridgehead atoms. The van der Waals surface area contributed by atoms with Gasteiger partial charge in [0.05, 0.1) is 16.1 Å². The Morgan fingerprint density at radius 3 is 2.38 bits per heavy atom. The van der Waals surface area contributed by atoms with Crippen LogP contribution in [0.25, 0.3) is 0 Å². The van der Waals surface area contributed by atoms with Crippen molar-refractivity contribution >= 4 is 34.2 Å². The predicted octanol–water partition coefficient (Wildman–Crippen LogP) is 0.910. The van der Waals surface area contributed by atoms with Crippen molar-refractivity contribution in [3.05, 3.63) is 9.14 Å². The summed E-state index contributed by atoms with van der Waals surface area (Å²) >= 11 is 4.74. The number of nitrogens with zero attached hydrogens (tertiary/aromatic N) is 2. The van der Waals surface area contributed by atoms with Crippen molar-refractivity contribution in [2.45, 2.75) is 0 Å². The summed E-state index contributed by atoms with van der Waals surface area (Å²) in [6.07, 6.45) is 0.925. The van der Waals surface area contributed by atoms with Gasteiger partial charge in [0.25, 0.3) is 0 Å². The third-order valence-corrected chi connectivity index (χ3v) is 3.62. The number of hydrogen-bond acceptors (Lipinski definition) is 6. The molecule has 0 spiro atoms. The third-order valence-electron chi connectivity index (χ3n) is 0.940. The van der Waals surface area contributed by atoms with Crippen molar-refractivity contribution < 1.29 is 8.42 Å². The van der Waals surface area contributed by atoms with Crippen LogP contribution in [0, 0.1) is 22.7 Å². The average Bonchev–Trinajstić information content (AvgIpc) is 1.99. The van der Waals surface area contributed by atoms with E-state index in [2.05, 4.69) is 12.6 Å². The van der Waals surface area contributed by atoms with Gasteiger partial charge in [-0.2, -0.15) is 10.5 Å². The fraction of sp³-hybridized carbons (Fsp3) is 0.333. The summed E-state index contributed by atoms with van der Waals surface area (Å²) in [7, 11) is -3.53. The molecule has 0 atom stereocenters. The Labute approximate surface area is 86.6 Å². The molecule has 0 aliphatic heterocycles. The van der Waals surface area contributed by atoms with Crippen LogP contribution in [-0.4, -0.2) is 20.4 Å². The second kappa shape index (κ2) is 5.18. The highest BCUT2D eigenvalue weighted by Crippen LogP contribution is 2.25. The molecule has 0 aromatic carbocycles. The maximum Gasteiger partial charge on any atom is 0.187 e. The van der Waals surface area contributed by atoms with Gasteiger partial charge in [0, 0.05) is 6.26 Å². The van der Waals surface area contributed by atoms with E-state index in [-0.39, 0.29) is 9.99 Å². The fourth-order valence-corrected chi connectivity index (χ4v) is 2.69. The Bertz CT molecular complexity index is 397. The fourth-order valence-electron chi connectivity index (χ4n) is 0.456. The van der Waals surface area contributed by atoms with Gasteiger partial charge in [-0.05, 0) is 0 Å². The Kier molecular flexibility index (Phi) is 4.92. The molecule has 0 aliphatic rings. The van der Waals surface area contributed by atoms with E-state index in [0.29, 0.717) is 0 Å². The number of allylic oxidation sites excluding steroid dienone is 1. The molecule has 7 heteroatoms. The average molecular weight is 234 g/mol. The lowest BCUT2D eigenvalue weighted by Gasteiger charge is -1.98. The van der Waals surface area contributed by atoms with Crippen LogP contribution < -0.4 is 0 Å². The van der Waals surface area contributed by atoms with E-state index < -0.39 is 14.7 Å². The number of thiol groups is 1. The summed E-state index contributed by atoms with van der Waals surface area (Å²) in [5.41, 5.74) is 0. The summed E-state index contributed by atoms with van der Waals surface area (Å²) in [5.74, 6) is 0.0690. The molecule has 4 nitrogen and oxygen atoms in total. The van der Waals surface area contributed by atoms with E-state index in [1.165, 1.54) is 6.07 Å². The van der Waals surface area contributed by atoms with Crippen LogP contribution in [0.4, 0.5) is 0 Å². The molecule has 0 amide bonds. The Hall–Kier alpha value is -0.630. The van der Waals surface area contributed by atoms with Crippen molar-refractivity contribution in [1.82, 2.24) is 0 Å². The van der Waals surface area contributed by atoms with E-state index in [4.69, 9.17) is 10.5 Å². The van der Waals surface area contributed by atoms with Crippen LogP contribution in [0.3, 0.4) is 0 Å². The number of thioether (sulfide) groups is 1. The van der Waals surface area contributed by atoms with Gasteiger partial charge >= 0.3 is 0 Å². The van der Waals surface area contributed by atoms with Gasteiger partial charge in [-0.1, -0.05) is 0 Å². The van der Waals surface area contributed by atoms with Crippen LogP contribution in [0.15, 0.2) is 9.14 Å². The number of rotatable bonds is 3. The topological polar surface area (TPSA) is 81.7 Å². The molecule has 0 aromatic rings. The maximum atomic E-state index is 10.9. The van der Waals surface area contributed by atoms with E-state index in [1.807, 2.05) is 0 Å². The minimum Gasteiger partial charge on any atom is -0.223 e. The highest BCUT2D eigenvalue weighted by atomic mass is 32.2. The molecule has 0 saturated carbocycles. The minimum atomic E-state index is -3.53. The smallest absolute Gasteiger partial charge is 0.187 e. The maximum absolute atomic E-state index is 10.9. The van der Waals surface area contributed by atoms with Crippen molar-refractivity contribution in [1.29, 1.82) is 10.5 Å². The molecule has 0 saturated heterocycles. The number of sulfone groups is 1. The van der Waals surface area contributed by atoms with Crippen molar-refractivity contribution in [3.63, 3.8) is 0 Å². The highest BCUT2D eigenvalue weighted by molar-refractivity contribution is 8.16. The van der Waals surface area contributed by atoms with Crippen molar-refractivity contribution in [2.24, 2.45) is 0 Å². The summed E-state index contributed by atoms with van der Waals surface area (Å²) in [4.78, 5) is -0.393. The molecule has 0 aromatic heterocycles. The Balaban J connectivity index is 4.99. The second-order valence-corrected chi connectivity index (χ2v) is 5.65. The van der Waals surface area contributed by atoms with Crippen LogP contribution in [0.5, 0.6) is 0 Å². The molecular formula is C6H6N2O2S3. The lowest BCUT2D eigenvalue weighted by molar-refractivity contribution is 0.608. The minimum absolute atomic E-state index is 0.0616. The van der Waals surface area contributed by atoms with Crippen molar-refractivity contribution in [3.8, 4) is 12.1 Å². The molecule has 0 aliphatic carbocycles. The van der Waals surface area contributed by atoms with E-state index in [0.717, 1.165) is 18.0 Å². The standard InChI is InChI=1S/C6H6N2O2S3/c1-13(9,10)5(4-8)6(11)12-3-2-7/h11H,3H2,1H3/b6-5-. The normalized spacial score (nSPS) is 12.6. The number of nitriles is 2. The lowest BCUT2D eigenvalue weighted by atomic mass is 10.7. The number of hydrogen-bond donors (Lipinski definition) is 1. The molecule has 0 heterocycles. The molecule has 0 unspecified atom stereocenters. The van der Waals surface area contributed by atoms with Gasteiger partial charge < -0.3 is 0 Å². The lowest BCUT2D eigenvalue weighted by Crippen LogP contribution is -1.99. The monoisotopic (exact) mass is 234 g/mol. The zero-order valence-electron chi connectivity index (χ0n) is 6.68. The largest absolute Gasteiger partial charge is 0.223 e. The van der Waals surface area contributed by atoms with Gasteiger partial charge in [0.15, 0.2) is 14.7 Å². The summed E-state index contributed by atoms with van der Waals surface area (Å²) in [5, 5.41) is 16.7. The van der Waals surface area contributed by atoms with Crippen LogP contribution in [0.1, 0.15) is 0 Å². The van der Waals surface area contributed by atoms with E-state index in [9.17, 15) is 8.42 Å². The molecule has 0 fully saturated rings. The summed E-state index contributed by atoms with van der Waals surface area (Å²) in [6, 6.07) is 3.34. The zero-order chi connectivity index (χ0) is 10.5. The van der Waals surface area contributed by atoms with Gasteiger partial charge in [-0.15, -0.1) is 24.4 Å². The van der Waals surface area contributed by atoms with Gasteiger partial charge in [0.1, 0.15) is 6.07 Å². The molecular weight excluding hydrogens is 228 g/mol. The predicted molar refractivity (Wildman–Crippen MR) is 54.5 cm³/mol. The quantitative estimate of drug-likeness (QED) is 0.580. The zero-order valence-corrected chi connectivity index (χ0v) is 9.21. The summed E-state index contributed by atoms with van der Waals surface area (Å²) < 4.78 is 21.9. The Morgan fingerprint density at radius 2 is 2.08 bits per heavy atom. The molecule has 70 valence electrons. The van der Waals surface area contributed by atoms with Crippen molar-refractivity contribution in [2.75, 3.05) is 12.0 Å². The van der Waals surface area contributed by atoms with E-state index in [1.54, 1.807) is 6.07 Å². The first-order chi connectivity index (χ1) is 5.93. The van der Waals surface area contributed by atoms with Crippen LogP contribution >= 0.6 is 24.4 Å². The van der Waals surface area contributed by atoms with Crippen LogP contribution in [-0.2, 0) is 9.84 Å². The third kappa shape index (κ3) is 4.23. The van der Waals surface area contributed by atoms with Gasteiger partial charge in [0.2, 0.25) is 0 Å². The summed E-state index contributed by atoms with van der Waals surface area (Å²) in [6.45, 7) is 0. The molecule has 13 heavy (non-hydrogen) atoms. The van der Waals surface area contributed by atoms with Crippen LogP contribution in [0.2, 0.25) is 0 Å². The first-order valence-corrected chi connectivity index (χ1v) is 6.29. The highest BCUT2D eigenvalue weighted by Gasteiger charge is 2.15. The second-order valence-electron chi connectivity index (χ2n) is 1.97. The van der Waals surface area contributed by atoms with E-state index >= 15 is 0 Å². The molecule has 0 N–H and O–H groups in total. The Morgan fingerprint density at radius 1 is 1.54 bits per heavy atom.